The van der Waals surface area contributed by atoms with Crippen molar-refractivity contribution in [3.63, 3.8) is 0 Å². The summed E-state index contributed by atoms with van der Waals surface area (Å²) in [6.07, 6.45) is 8.83. The molecule has 22 heavy (non-hydrogen) atoms. The summed E-state index contributed by atoms with van der Waals surface area (Å²) >= 11 is 0. The van der Waals surface area contributed by atoms with E-state index in [0.717, 1.165) is 44.9 Å². The lowest BCUT2D eigenvalue weighted by molar-refractivity contribution is -0.125. The first kappa shape index (κ1) is 14.3. The smallest absolute Gasteiger partial charge is 0.220 e. The van der Waals surface area contributed by atoms with Crippen molar-refractivity contribution in [3.8, 4) is 0 Å². The van der Waals surface area contributed by atoms with E-state index in [1.165, 1.54) is 23.1 Å². The maximum Gasteiger partial charge on any atom is 0.220 e. The molecule has 1 spiro atoms. The van der Waals surface area contributed by atoms with E-state index in [1.54, 1.807) is 0 Å². The third-order valence-corrected chi connectivity index (χ3v) is 5.98. The van der Waals surface area contributed by atoms with E-state index in [2.05, 4.69) is 23.5 Å². The molecular weight excluding hydrogens is 274 g/mol. The largest absolute Gasteiger partial charge is 0.393 e. The average Bonchev–Trinajstić information content (AvgIpc) is 2.90. The van der Waals surface area contributed by atoms with Crippen LogP contribution >= 0.6 is 0 Å². The van der Waals surface area contributed by atoms with E-state index in [1.807, 2.05) is 0 Å². The maximum absolute atomic E-state index is 11.8. The molecule has 1 saturated heterocycles. The second-order valence-corrected chi connectivity index (χ2v) is 7.55. The summed E-state index contributed by atoms with van der Waals surface area (Å²) < 4.78 is 0. The number of nitrogens with one attached hydrogen (secondary N) is 1. The molecule has 0 radical (unpaired) electrons. The van der Waals surface area contributed by atoms with Crippen molar-refractivity contribution in [1.29, 1.82) is 0 Å². The van der Waals surface area contributed by atoms with Crippen molar-refractivity contribution in [2.24, 2.45) is 0 Å². The molecule has 1 aliphatic heterocycles. The van der Waals surface area contributed by atoms with Gasteiger partial charge in [-0.05, 0) is 74.0 Å². The topological polar surface area (TPSA) is 49.3 Å². The Labute approximate surface area is 132 Å². The van der Waals surface area contributed by atoms with Gasteiger partial charge in [-0.2, -0.15) is 0 Å². The number of aliphatic hydroxyl groups is 1. The molecule has 0 bridgehead atoms. The number of piperidine rings is 1. The molecule has 3 atom stereocenters. The Hall–Kier alpha value is -1.35. The lowest BCUT2D eigenvalue weighted by Crippen LogP contribution is -2.49. The molecule has 1 saturated carbocycles. The van der Waals surface area contributed by atoms with Crippen molar-refractivity contribution in [3.05, 3.63) is 34.9 Å². The first-order valence-corrected chi connectivity index (χ1v) is 8.74. The standard InChI is InChI=1S/C19H25NO2/c21-17-6-5-13-10-14(3-4-15(13)11-17)16-7-9-19(12-16)8-1-2-18(22)20-19/h3-4,10,16-17,21H,1-2,5-9,11-12H2,(H,20,22)/t16-,17+,19+/m0/s1. The molecule has 1 heterocycles. The minimum atomic E-state index is -0.162. The second-order valence-electron chi connectivity index (χ2n) is 7.55. The highest BCUT2D eigenvalue weighted by Gasteiger charge is 2.42. The highest BCUT2D eigenvalue weighted by Crippen LogP contribution is 2.45. The van der Waals surface area contributed by atoms with Crippen molar-refractivity contribution >= 4 is 5.91 Å². The Balaban J connectivity index is 1.53. The van der Waals surface area contributed by atoms with Gasteiger partial charge in [0.1, 0.15) is 0 Å². The third kappa shape index (κ3) is 2.56. The SMILES string of the molecule is O=C1CCC[C@]2(CC[C@H](c3ccc4c(c3)CC[C@@H](O)C4)C2)N1. The van der Waals surface area contributed by atoms with Crippen molar-refractivity contribution in [2.75, 3.05) is 0 Å². The minimum Gasteiger partial charge on any atom is -0.393 e. The first-order valence-electron chi connectivity index (χ1n) is 8.74. The monoisotopic (exact) mass is 299 g/mol. The number of carbonyl (C=O) groups is 1. The van der Waals surface area contributed by atoms with Crippen LogP contribution in [0, 0.1) is 0 Å². The fourth-order valence-electron chi connectivity index (χ4n) is 4.77. The lowest BCUT2D eigenvalue weighted by Gasteiger charge is -2.34. The van der Waals surface area contributed by atoms with Crippen molar-refractivity contribution in [1.82, 2.24) is 5.32 Å². The quantitative estimate of drug-likeness (QED) is 0.838. The molecule has 1 amide bonds. The summed E-state index contributed by atoms with van der Waals surface area (Å²) in [6, 6.07) is 6.85. The zero-order chi connectivity index (χ0) is 15.2. The van der Waals surface area contributed by atoms with E-state index < -0.39 is 0 Å². The van der Waals surface area contributed by atoms with Gasteiger partial charge in [0.2, 0.25) is 5.91 Å². The Morgan fingerprint density at radius 1 is 1.14 bits per heavy atom. The predicted octanol–water partition coefficient (Wildman–Crippen LogP) is 2.84. The van der Waals surface area contributed by atoms with Gasteiger partial charge < -0.3 is 10.4 Å². The molecule has 3 nitrogen and oxygen atoms in total. The summed E-state index contributed by atoms with van der Waals surface area (Å²) in [6.45, 7) is 0. The number of rotatable bonds is 1. The number of aryl methyl sites for hydroxylation is 1. The number of benzene rings is 1. The van der Waals surface area contributed by atoms with Crippen LogP contribution in [0.5, 0.6) is 0 Å². The van der Waals surface area contributed by atoms with Gasteiger partial charge in [-0.25, -0.2) is 0 Å². The maximum atomic E-state index is 11.8. The minimum absolute atomic E-state index is 0.0755. The number of carbonyl (C=O) groups excluding carboxylic acids is 1. The van der Waals surface area contributed by atoms with Gasteiger partial charge in [-0.3, -0.25) is 4.79 Å². The summed E-state index contributed by atoms with van der Waals surface area (Å²) in [5.74, 6) is 0.821. The number of hydrogen-bond donors (Lipinski definition) is 2. The number of amides is 1. The predicted molar refractivity (Wildman–Crippen MR) is 85.8 cm³/mol. The molecule has 0 unspecified atom stereocenters. The molecule has 2 aliphatic carbocycles. The molecule has 3 aliphatic rings. The summed E-state index contributed by atoms with van der Waals surface area (Å²) in [5, 5.41) is 13.1. The molecule has 2 fully saturated rings. The van der Waals surface area contributed by atoms with E-state index in [4.69, 9.17) is 0 Å². The summed E-state index contributed by atoms with van der Waals surface area (Å²) in [5.41, 5.74) is 4.26. The van der Waals surface area contributed by atoms with Crippen LogP contribution in [0.1, 0.15) is 67.6 Å². The Bertz CT molecular complexity index is 597. The zero-order valence-electron chi connectivity index (χ0n) is 13.1. The molecule has 1 aromatic carbocycles. The van der Waals surface area contributed by atoms with E-state index in [0.29, 0.717) is 12.3 Å². The molecule has 0 aromatic heterocycles. The highest BCUT2D eigenvalue weighted by molar-refractivity contribution is 5.77. The zero-order valence-corrected chi connectivity index (χ0v) is 13.1. The number of fused-ring (bicyclic) bond motifs is 1. The van der Waals surface area contributed by atoms with Crippen LogP contribution in [0.15, 0.2) is 18.2 Å². The van der Waals surface area contributed by atoms with Crippen LogP contribution in [0.3, 0.4) is 0 Å². The molecule has 2 N–H and O–H groups in total. The van der Waals surface area contributed by atoms with E-state index in [-0.39, 0.29) is 17.6 Å². The normalized spacial score (nSPS) is 34.5. The van der Waals surface area contributed by atoms with Crippen molar-refractivity contribution < 1.29 is 9.90 Å². The summed E-state index contributed by atoms with van der Waals surface area (Å²) in [4.78, 5) is 11.8. The number of aliphatic hydroxyl groups excluding tert-OH is 1. The van der Waals surface area contributed by atoms with Gasteiger partial charge in [0.25, 0.3) is 0 Å². The Kier molecular flexibility index (Phi) is 3.48. The van der Waals surface area contributed by atoms with Gasteiger partial charge >= 0.3 is 0 Å². The van der Waals surface area contributed by atoms with Gasteiger partial charge in [0.15, 0.2) is 0 Å². The lowest BCUT2D eigenvalue weighted by atomic mass is 9.83. The third-order valence-electron chi connectivity index (χ3n) is 5.98. The number of hydrogen-bond acceptors (Lipinski definition) is 2. The van der Waals surface area contributed by atoms with E-state index >= 15 is 0 Å². The Morgan fingerprint density at radius 2 is 2.05 bits per heavy atom. The average molecular weight is 299 g/mol. The molecular formula is C19H25NO2. The summed E-state index contributed by atoms with van der Waals surface area (Å²) in [7, 11) is 0. The van der Waals surface area contributed by atoms with Gasteiger partial charge in [-0.1, -0.05) is 18.2 Å². The first-order chi connectivity index (χ1) is 10.6. The highest BCUT2D eigenvalue weighted by atomic mass is 16.3. The molecule has 1 aromatic rings. The van der Waals surface area contributed by atoms with Crippen LogP contribution in [0.2, 0.25) is 0 Å². The second kappa shape index (κ2) is 5.38. The van der Waals surface area contributed by atoms with Gasteiger partial charge in [0.05, 0.1) is 6.10 Å². The van der Waals surface area contributed by atoms with Crippen LogP contribution in [-0.2, 0) is 17.6 Å². The van der Waals surface area contributed by atoms with Crippen LogP contribution < -0.4 is 5.32 Å². The van der Waals surface area contributed by atoms with Crippen LogP contribution in [0.25, 0.3) is 0 Å². The fraction of sp³-hybridized carbons (Fsp3) is 0.632. The molecule has 118 valence electrons. The van der Waals surface area contributed by atoms with Crippen molar-refractivity contribution in [2.45, 2.75) is 75.3 Å². The fourth-order valence-corrected chi connectivity index (χ4v) is 4.77. The van der Waals surface area contributed by atoms with Gasteiger partial charge in [-0.15, -0.1) is 0 Å². The Morgan fingerprint density at radius 3 is 2.91 bits per heavy atom. The van der Waals surface area contributed by atoms with E-state index in [9.17, 15) is 9.90 Å². The van der Waals surface area contributed by atoms with Gasteiger partial charge in [0, 0.05) is 12.0 Å². The molecule has 3 heteroatoms. The molecule has 4 rings (SSSR count). The van der Waals surface area contributed by atoms with Crippen LogP contribution in [0.4, 0.5) is 0 Å². The van der Waals surface area contributed by atoms with Crippen LogP contribution in [-0.4, -0.2) is 22.7 Å².